The quantitative estimate of drug-likeness (QED) is 0.399. The van der Waals surface area contributed by atoms with Gasteiger partial charge in [0.05, 0.1) is 24.3 Å². The van der Waals surface area contributed by atoms with Crippen LogP contribution in [0, 0.1) is 0 Å². The third kappa shape index (κ3) is 5.12. The molecule has 1 atom stereocenters. The number of fused-ring (bicyclic) bond motifs is 1. The van der Waals surface area contributed by atoms with Crippen molar-refractivity contribution in [1.82, 2.24) is 14.2 Å². The number of amidine groups is 1. The van der Waals surface area contributed by atoms with Crippen molar-refractivity contribution in [3.05, 3.63) is 75.2 Å². The molecule has 3 N–H and O–H groups in total. The van der Waals surface area contributed by atoms with Crippen molar-refractivity contribution in [2.24, 2.45) is 4.99 Å². The molecule has 9 nitrogen and oxygen atoms in total. The van der Waals surface area contributed by atoms with Gasteiger partial charge in [0.1, 0.15) is 11.4 Å². The fourth-order valence-electron chi connectivity index (χ4n) is 4.86. The van der Waals surface area contributed by atoms with Crippen LogP contribution in [-0.2, 0) is 21.4 Å². The van der Waals surface area contributed by atoms with Gasteiger partial charge < -0.3 is 20.1 Å². The summed E-state index contributed by atoms with van der Waals surface area (Å²) in [7, 11) is -3.75. The van der Waals surface area contributed by atoms with Crippen LogP contribution >= 0.6 is 23.2 Å². The van der Waals surface area contributed by atoms with Crippen LogP contribution in [-0.4, -0.2) is 70.6 Å². The number of hydrogen-bond acceptors (Lipinski definition) is 6. The predicted molar refractivity (Wildman–Crippen MR) is 148 cm³/mol. The van der Waals surface area contributed by atoms with E-state index in [1.165, 1.54) is 9.71 Å². The third-order valence-corrected chi connectivity index (χ3v) is 9.07. The van der Waals surface area contributed by atoms with E-state index in [1.54, 1.807) is 30.5 Å². The van der Waals surface area contributed by atoms with E-state index in [1.807, 2.05) is 28.8 Å². The van der Waals surface area contributed by atoms with E-state index < -0.39 is 21.7 Å². The van der Waals surface area contributed by atoms with E-state index in [9.17, 15) is 18.3 Å². The molecule has 1 amide bonds. The van der Waals surface area contributed by atoms with Crippen molar-refractivity contribution >= 4 is 61.9 Å². The molecule has 1 spiro atoms. The van der Waals surface area contributed by atoms with Gasteiger partial charge in [-0.15, -0.1) is 0 Å². The average molecular weight is 577 g/mol. The zero-order chi connectivity index (χ0) is 27.1. The first-order chi connectivity index (χ1) is 18.1. The molecule has 200 valence electrons. The Morgan fingerprint density at radius 2 is 1.92 bits per heavy atom. The number of amides is 1. The van der Waals surface area contributed by atoms with Crippen LogP contribution in [0.15, 0.2) is 59.1 Å². The Balaban J connectivity index is 1.31. The smallest absolute Gasteiger partial charge is 0.253 e. The summed E-state index contributed by atoms with van der Waals surface area (Å²) in [6, 6.07) is 12.3. The van der Waals surface area contributed by atoms with Gasteiger partial charge in [0.15, 0.2) is 0 Å². The third-order valence-electron chi connectivity index (χ3n) is 6.96. The van der Waals surface area contributed by atoms with Crippen molar-refractivity contribution in [3.63, 3.8) is 0 Å². The minimum absolute atomic E-state index is 0.144. The summed E-state index contributed by atoms with van der Waals surface area (Å²) in [5, 5.41) is 24.6. The number of hydrogen-bond donors (Lipinski definition) is 3. The summed E-state index contributed by atoms with van der Waals surface area (Å²) in [5.74, 6) is 0.0908. The summed E-state index contributed by atoms with van der Waals surface area (Å²) in [5.41, 5.74) is 1.05. The van der Waals surface area contributed by atoms with Crippen LogP contribution in [0.5, 0.6) is 0 Å². The van der Waals surface area contributed by atoms with Crippen LogP contribution < -0.4 is 5.32 Å². The zero-order valence-corrected chi connectivity index (χ0v) is 22.5. The number of carbonyl (C=O) groups is 1. The van der Waals surface area contributed by atoms with Gasteiger partial charge in [0.25, 0.3) is 5.91 Å². The molecule has 3 aromatic rings. The molecular formula is C26H26Cl2N4O5S. The molecule has 12 heteroatoms. The standard InChI is InChI=1S/C26H26Cl2N4O5S/c27-18-4-5-21(22(28)14-18)24-29-25(35)26(30-24)8-11-32(12-9-26)38(36,37)13-7-17-2-1-3-23-20(17)6-10-31(23)15-19(34)16-33/h1-7,10,13-14,19,33-34H,8-9,11-12,15-16H2,(H,29,30,35). The molecule has 0 radical (unpaired) electrons. The predicted octanol–water partition coefficient (Wildman–Crippen LogP) is 3.01. The Hall–Kier alpha value is -2.73. The lowest BCUT2D eigenvalue weighted by atomic mass is 9.89. The number of carbonyl (C=O) groups excluding carboxylic acids is 1. The first-order valence-corrected chi connectivity index (χ1v) is 14.3. The second-order valence-electron chi connectivity index (χ2n) is 9.40. The number of rotatable bonds is 7. The van der Waals surface area contributed by atoms with Crippen LogP contribution in [0.25, 0.3) is 17.0 Å². The molecule has 0 aliphatic carbocycles. The van der Waals surface area contributed by atoms with Gasteiger partial charge in [-0.1, -0.05) is 35.3 Å². The van der Waals surface area contributed by atoms with Gasteiger partial charge in [-0.25, -0.2) is 8.42 Å². The molecule has 1 fully saturated rings. The van der Waals surface area contributed by atoms with Gasteiger partial charge in [-0.3, -0.25) is 9.79 Å². The number of sulfonamides is 1. The number of aliphatic hydroxyl groups is 2. The molecular weight excluding hydrogens is 551 g/mol. The molecule has 0 bridgehead atoms. The minimum atomic E-state index is -3.75. The highest BCUT2D eigenvalue weighted by Crippen LogP contribution is 2.34. The number of aliphatic imine (C=N–C) groups is 1. The zero-order valence-electron chi connectivity index (χ0n) is 20.2. The number of halogens is 2. The molecule has 2 aliphatic heterocycles. The van der Waals surface area contributed by atoms with E-state index in [-0.39, 0.29) is 45.0 Å². The van der Waals surface area contributed by atoms with Crippen LogP contribution in [0.4, 0.5) is 0 Å². The number of nitrogens with zero attached hydrogens (tertiary/aromatic N) is 3. The maximum Gasteiger partial charge on any atom is 0.253 e. The molecule has 2 aromatic carbocycles. The van der Waals surface area contributed by atoms with Crippen molar-refractivity contribution in [2.45, 2.75) is 31.0 Å². The van der Waals surface area contributed by atoms with Crippen molar-refractivity contribution < 1.29 is 23.4 Å². The van der Waals surface area contributed by atoms with Gasteiger partial charge in [-0.05, 0) is 54.8 Å². The Morgan fingerprint density at radius 1 is 1.16 bits per heavy atom. The Labute approximate surface area is 230 Å². The lowest BCUT2D eigenvalue weighted by Crippen LogP contribution is -2.50. The first kappa shape index (κ1) is 26.9. The summed E-state index contributed by atoms with van der Waals surface area (Å²) < 4.78 is 29.4. The van der Waals surface area contributed by atoms with Gasteiger partial charge in [0.2, 0.25) is 10.0 Å². The molecule has 1 saturated heterocycles. The van der Waals surface area contributed by atoms with Crippen molar-refractivity contribution in [2.75, 3.05) is 19.7 Å². The first-order valence-electron chi connectivity index (χ1n) is 12.0. The highest BCUT2D eigenvalue weighted by atomic mass is 35.5. The number of aromatic nitrogens is 1. The molecule has 2 aliphatic rings. The van der Waals surface area contributed by atoms with Crippen LogP contribution in [0.1, 0.15) is 24.0 Å². The van der Waals surface area contributed by atoms with E-state index in [2.05, 4.69) is 10.3 Å². The van der Waals surface area contributed by atoms with Crippen molar-refractivity contribution in [1.29, 1.82) is 0 Å². The minimum Gasteiger partial charge on any atom is -0.394 e. The lowest BCUT2D eigenvalue weighted by Gasteiger charge is -2.34. The van der Waals surface area contributed by atoms with Gasteiger partial charge >= 0.3 is 0 Å². The average Bonchev–Trinajstić information content (AvgIpc) is 3.44. The second-order valence-corrected chi connectivity index (χ2v) is 12.1. The van der Waals surface area contributed by atoms with E-state index in [4.69, 9.17) is 28.3 Å². The normalized spacial score (nSPS) is 18.8. The lowest BCUT2D eigenvalue weighted by molar-refractivity contribution is -0.124. The summed E-state index contributed by atoms with van der Waals surface area (Å²) >= 11 is 12.3. The number of aliphatic hydroxyl groups excluding tert-OH is 2. The topological polar surface area (TPSA) is 124 Å². The van der Waals surface area contributed by atoms with Crippen molar-refractivity contribution in [3.8, 4) is 0 Å². The SMILES string of the molecule is O=C1NC(c2ccc(Cl)cc2Cl)=NC12CCN(S(=O)(=O)C=Cc1cccc3c1ccn3CC(O)CO)CC2. The van der Waals surface area contributed by atoms with Crippen LogP contribution in [0.2, 0.25) is 10.0 Å². The molecule has 38 heavy (non-hydrogen) atoms. The molecule has 1 aromatic heterocycles. The Kier molecular flexibility index (Phi) is 7.38. The maximum absolute atomic E-state index is 13.1. The molecule has 0 saturated carbocycles. The fourth-order valence-corrected chi connectivity index (χ4v) is 6.54. The van der Waals surface area contributed by atoms with Crippen LogP contribution in [0.3, 0.4) is 0 Å². The number of piperidine rings is 1. The molecule has 1 unspecified atom stereocenters. The van der Waals surface area contributed by atoms with Gasteiger partial charge in [-0.2, -0.15) is 4.31 Å². The van der Waals surface area contributed by atoms with E-state index in [0.29, 0.717) is 27.0 Å². The molecule has 3 heterocycles. The van der Waals surface area contributed by atoms with Gasteiger partial charge in [0, 0.05) is 46.2 Å². The number of benzene rings is 2. The highest BCUT2D eigenvalue weighted by Gasteiger charge is 2.47. The Morgan fingerprint density at radius 3 is 2.63 bits per heavy atom. The maximum atomic E-state index is 13.1. The van der Waals surface area contributed by atoms with E-state index >= 15 is 0 Å². The highest BCUT2D eigenvalue weighted by molar-refractivity contribution is 7.92. The summed E-state index contributed by atoms with van der Waals surface area (Å²) in [6.07, 6.45) is 2.94. The summed E-state index contributed by atoms with van der Waals surface area (Å²) in [4.78, 5) is 17.5. The monoisotopic (exact) mass is 576 g/mol. The largest absolute Gasteiger partial charge is 0.394 e. The molecule has 5 rings (SSSR count). The Bertz CT molecular complexity index is 1560. The van der Waals surface area contributed by atoms with E-state index in [0.717, 1.165) is 10.9 Å². The summed E-state index contributed by atoms with van der Waals surface area (Å²) in [6.45, 7) is 0.163. The second kappa shape index (κ2) is 10.4. The fraction of sp³-hybridized carbons (Fsp3) is 0.308. The number of nitrogens with one attached hydrogen (secondary N) is 1.